The van der Waals surface area contributed by atoms with Gasteiger partial charge in [-0.15, -0.1) is 22.0 Å². The fraction of sp³-hybridized carbons (Fsp3) is 0.174. The van der Waals surface area contributed by atoms with Crippen LogP contribution in [0.2, 0.25) is 0 Å². The molecule has 6 nitrogen and oxygen atoms in total. The Hall–Kier alpha value is -3.32. The van der Waals surface area contributed by atoms with Crippen molar-refractivity contribution in [1.29, 1.82) is 0 Å². The van der Waals surface area contributed by atoms with E-state index in [2.05, 4.69) is 39.4 Å². The van der Waals surface area contributed by atoms with Crippen molar-refractivity contribution in [3.63, 3.8) is 0 Å². The molecular weight excluding hydrogens is 396 g/mol. The van der Waals surface area contributed by atoms with Gasteiger partial charge in [0.1, 0.15) is 16.6 Å². The van der Waals surface area contributed by atoms with Crippen LogP contribution >= 0.6 is 11.8 Å². The number of ether oxygens (including phenoxy) is 2. The fourth-order valence-electron chi connectivity index (χ4n) is 3.37. The molecule has 0 saturated carbocycles. The predicted octanol–water partition coefficient (Wildman–Crippen LogP) is 5.04. The number of aryl methyl sites for hydroxylation is 1. The van der Waals surface area contributed by atoms with E-state index in [0.29, 0.717) is 5.88 Å². The number of methoxy groups -OCH3 is 2. The molecule has 4 aromatic rings. The summed E-state index contributed by atoms with van der Waals surface area (Å²) in [4.78, 5) is 4.56. The van der Waals surface area contributed by atoms with Crippen molar-refractivity contribution in [3.05, 3.63) is 66.5 Å². The molecule has 0 atom stereocenters. The highest BCUT2D eigenvalue weighted by Crippen LogP contribution is 2.33. The minimum absolute atomic E-state index is 0.580. The zero-order valence-electron chi connectivity index (χ0n) is 17.3. The van der Waals surface area contributed by atoms with Crippen LogP contribution in [0, 0.1) is 6.92 Å². The van der Waals surface area contributed by atoms with E-state index in [1.165, 1.54) is 0 Å². The summed E-state index contributed by atoms with van der Waals surface area (Å²) >= 11 is 1.56. The minimum Gasteiger partial charge on any atom is -0.496 e. The number of hydrogen-bond acceptors (Lipinski definition) is 6. The van der Waals surface area contributed by atoms with E-state index >= 15 is 0 Å². The molecular formula is C23H22N4O2S. The Morgan fingerprint density at radius 3 is 2.27 bits per heavy atom. The van der Waals surface area contributed by atoms with Crippen LogP contribution in [0.15, 0.2) is 65.7 Å². The number of para-hydroxylation sites is 1. The minimum atomic E-state index is 0.580. The third-order valence-electron chi connectivity index (χ3n) is 4.84. The van der Waals surface area contributed by atoms with Gasteiger partial charge >= 0.3 is 0 Å². The Labute approximate surface area is 179 Å². The van der Waals surface area contributed by atoms with Gasteiger partial charge in [-0.1, -0.05) is 42.5 Å². The van der Waals surface area contributed by atoms with Crippen LogP contribution in [0.4, 0.5) is 0 Å². The summed E-state index contributed by atoms with van der Waals surface area (Å²) in [6.07, 6.45) is 1.99. The van der Waals surface area contributed by atoms with E-state index in [4.69, 9.17) is 9.47 Å². The summed E-state index contributed by atoms with van der Waals surface area (Å²) in [5, 5.41) is 9.61. The lowest BCUT2D eigenvalue weighted by Crippen LogP contribution is -2.04. The molecule has 0 saturated heterocycles. The molecule has 0 spiro atoms. The number of nitrogens with zero attached hydrogens (tertiary/aromatic N) is 4. The molecule has 30 heavy (non-hydrogen) atoms. The number of rotatable bonds is 6. The first kappa shape index (κ1) is 20.0. The number of thioether (sulfide) groups is 1. The molecule has 0 amide bonds. The topological polar surface area (TPSA) is 62.1 Å². The van der Waals surface area contributed by atoms with Crippen LogP contribution in [0.1, 0.15) is 5.82 Å². The lowest BCUT2D eigenvalue weighted by molar-refractivity contribution is 0.394. The summed E-state index contributed by atoms with van der Waals surface area (Å²) in [5.74, 6) is 2.98. The van der Waals surface area contributed by atoms with Gasteiger partial charge in [-0.05, 0) is 30.9 Å². The predicted molar refractivity (Wildman–Crippen MR) is 120 cm³/mol. The maximum absolute atomic E-state index is 5.49. The highest BCUT2D eigenvalue weighted by Gasteiger charge is 2.17. The summed E-state index contributed by atoms with van der Waals surface area (Å²) in [6.45, 7) is 1.94. The van der Waals surface area contributed by atoms with E-state index in [0.717, 1.165) is 44.8 Å². The SMILES string of the molecule is COc1ccc(-n2c(C)nnc2-c2ccc(-c3ccccc3OC)cc2)c(SC)n1. The molecule has 0 fully saturated rings. The highest BCUT2D eigenvalue weighted by atomic mass is 32.2. The molecule has 0 N–H and O–H groups in total. The lowest BCUT2D eigenvalue weighted by atomic mass is 10.0. The molecule has 2 aromatic carbocycles. The van der Waals surface area contributed by atoms with Gasteiger partial charge in [0, 0.05) is 17.2 Å². The molecule has 2 heterocycles. The average molecular weight is 419 g/mol. The summed E-state index contributed by atoms with van der Waals surface area (Å²) < 4.78 is 12.8. The largest absolute Gasteiger partial charge is 0.496 e. The van der Waals surface area contributed by atoms with Gasteiger partial charge in [0.2, 0.25) is 5.88 Å². The zero-order chi connectivity index (χ0) is 21.1. The van der Waals surface area contributed by atoms with E-state index in [-0.39, 0.29) is 0 Å². The number of pyridine rings is 1. The molecule has 2 aromatic heterocycles. The summed E-state index contributed by atoms with van der Waals surface area (Å²) in [6, 6.07) is 20.1. The van der Waals surface area contributed by atoms with Crippen LogP contribution < -0.4 is 9.47 Å². The second kappa shape index (κ2) is 8.59. The van der Waals surface area contributed by atoms with Crippen molar-refractivity contribution in [1.82, 2.24) is 19.7 Å². The third-order valence-corrected chi connectivity index (χ3v) is 5.53. The third kappa shape index (κ3) is 3.64. The van der Waals surface area contributed by atoms with Crippen molar-refractivity contribution in [3.8, 4) is 39.8 Å². The monoisotopic (exact) mass is 418 g/mol. The van der Waals surface area contributed by atoms with Gasteiger partial charge in [-0.2, -0.15) is 0 Å². The molecule has 7 heteroatoms. The van der Waals surface area contributed by atoms with Crippen molar-refractivity contribution in [2.75, 3.05) is 20.5 Å². The lowest BCUT2D eigenvalue weighted by Gasteiger charge is -2.13. The van der Waals surface area contributed by atoms with Crippen molar-refractivity contribution < 1.29 is 9.47 Å². The molecule has 0 bridgehead atoms. The van der Waals surface area contributed by atoms with Crippen molar-refractivity contribution in [2.45, 2.75) is 11.9 Å². The quantitative estimate of drug-likeness (QED) is 0.409. The highest BCUT2D eigenvalue weighted by molar-refractivity contribution is 7.98. The van der Waals surface area contributed by atoms with Crippen LogP contribution in [-0.2, 0) is 0 Å². The molecule has 0 aliphatic carbocycles. The van der Waals surface area contributed by atoms with E-state index in [1.54, 1.807) is 26.0 Å². The Kier molecular flexibility index (Phi) is 5.72. The molecule has 0 aliphatic rings. The number of aromatic nitrogens is 4. The van der Waals surface area contributed by atoms with Gasteiger partial charge in [0.05, 0.1) is 19.9 Å². The van der Waals surface area contributed by atoms with E-state index in [1.807, 2.05) is 54.1 Å². The van der Waals surface area contributed by atoms with Crippen LogP contribution in [0.25, 0.3) is 28.2 Å². The summed E-state index contributed by atoms with van der Waals surface area (Å²) in [5.41, 5.74) is 4.02. The van der Waals surface area contributed by atoms with Crippen LogP contribution in [-0.4, -0.2) is 40.2 Å². The Bertz CT molecular complexity index is 1170. The Balaban J connectivity index is 1.77. The standard InChI is InChI=1S/C23H22N4O2S/c1-15-25-26-22(27(15)19-13-14-21(29-3)24-23(19)30-4)17-11-9-16(10-12-17)18-7-5-6-8-20(18)28-2/h5-14H,1-4H3. The first-order chi connectivity index (χ1) is 14.7. The van der Waals surface area contributed by atoms with Crippen molar-refractivity contribution in [2.24, 2.45) is 0 Å². The van der Waals surface area contributed by atoms with Crippen molar-refractivity contribution >= 4 is 11.8 Å². The summed E-state index contributed by atoms with van der Waals surface area (Å²) in [7, 11) is 3.30. The molecule has 152 valence electrons. The molecule has 0 unspecified atom stereocenters. The average Bonchev–Trinajstić information content (AvgIpc) is 3.19. The number of hydrogen-bond donors (Lipinski definition) is 0. The number of benzene rings is 2. The van der Waals surface area contributed by atoms with E-state index < -0.39 is 0 Å². The first-order valence-corrected chi connectivity index (χ1v) is 10.6. The second-order valence-electron chi connectivity index (χ2n) is 6.57. The second-order valence-corrected chi connectivity index (χ2v) is 7.36. The van der Waals surface area contributed by atoms with Gasteiger partial charge in [0.15, 0.2) is 5.82 Å². The Morgan fingerprint density at radius 1 is 0.833 bits per heavy atom. The molecule has 0 aliphatic heterocycles. The normalized spacial score (nSPS) is 10.8. The fourth-order valence-corrected chi connectivity index (χ4v) is 3.92. The zero-order valence-corrected chi connectivity index (χ0v) is 18.1. The smallest absolute Gasteiger partial charge is 0.214 e. The van der Waals surface area contributed by atoms with Gasteiger partial charge in [-0.3, -0.25) is 4.57 Å². The van der Waals surface area contributed by atoms with Crippen LogP contribution in [0.3, 0.4) is 0 Å². The van der Waals surface area contributed by atoms with Gasteiger partial charge < -0.3 is 9.47 Å². The van der Waals surface area contributed by atoms with Gasteiger partial charge in [0.25, 0.3) is 0 Å². The molecule has 4 rings (SSSR count). The van der Waals surface area contributed by atoms with Crippen LogP contribution in [0.5, 0.6) is 11.6 Å². The maximum atomic E-state index is 5.49. The van der Waals surface area contributed by atoms with Gasteiger partial charge in [-0.25, -0.2) is 4.98 Å². The maximum Gasteiger partial charge on any atom is 0.214 e. The first-order valence-electron chi connectivity index (χ1n) is 9.41. The molecule has 0 radical (unpaired) electrons. The van der Waals surface area contributed by atoms with E-state index in [9.17, 15) is 0 Å². The Morgan fingerprint density at radius 2 is 1.57 bits per heavy atom.